The third-order valence-corrected chi connectivity index (χ3v) is 6.74. The Hall–Kier alpha value is -1.71. The molecule has 4 heterocycles. The van der Waals surface area contributed by atoms with Crippen LogP contribution in [-0.4, -0.2) is 68.4 Å². The second-order valence-electron chi connectivity index (χ2n) is 7.95. The molecule has 1 aromatic heterocycles. The molecule has 1 unspecified atom stereocenters. The summed E-state index contributed by atoms with van der Waals surface area (Å²) in [5.74, 6) is 0.924. The predicted octanol–water partition coefficient (Wildman–Crippen LogP) is 1.04. The van der Waals surface area contributed by atoms with E-state index in [0.717, 1.165) is 37.5 Å². The minimum atomic E-state index is -3.36. The number of hydrogen-bond donors (Lipinski definition) is 1. The van der Waals surface area contributed by atoms with Gasteiger partial charge in [0.1, 0.15) is 5.75 Å². The van der Waals surface area contributed by atoms with Crippen molar-refractivity contribution in [3.63, 3.8) is 0 Å². The molecule has 5 rings (SSSR count). The number of nitrogens with one attached hydrogen (secondary N) is 1. The summed E-state index contributed by atoms with van der Waals surface area (Å²) in [6, 6.07) is 1.17. The first-order valence-electron chi connectivity index (χ1n) is 9.86. The van der Waals surface area contributed by atoms with Crippen molar-refractivity contribution in [1.82, 2.24) is 14.6 Å². The Morgan fingerprint density at radius 2 is 2.00 bits per heavy atom. The first-order valence-corrected chi connectivity index (χ1v) is 11.7. The number of carbonyl (C=O) groups excluding carboxylic acids is 1. The molecule has 2 fully saturated rings. The molecular formula is C19H27N3O5S. The van der Waals surface area contributed by atoms with Gasteiger partial charge in [-0.25, -0.2) is 13.1 Å². The number of amides is 1. The Morgan fingerprint density at radius 1 is 1.21 bits per heavy atom. The van der Waals surface area contributed by atoms with Crippen LogP contribution in [0.3, 0.4) is 0 Å². The van der Waals surface area contributed by atoms with Crippen LogP contribution in [0.4, 0.5) is 0 Å². The van der Waals surface area contributed by atoms with E-state index >= 15 is 0 Å². The maximum Gasteiger partial charge on any atom is 0.260 e. The van der Waals surface area contributed by atoms with E-state index < -0.39 is 10.0 Å². The summed E-state index contributed by atoms with van der Waals surface area (Å²) in [5.41, 5.74) is 1.06. The summed E-state index contributed by atoms with van der Waals surface area (Å²) >= 11 is 0. The van der Waals surface area contributed by atoms with Crippen LogP contribution >= 0.6 is 0 Å². The van der Waals surface area contributed by atoms with Crippen molar-refractivity contribution in [2.24, 2.45) is 0 Å². The normalized spacial score (nSPS) is 31.2. The summed E-state index contributed by atoms with van der Waals surface area (Å²) < 4.78 is 38.2. The Balaban J connectivity index is 1.59. The molecule has 3 aliphatic heterocycles. The van der Waals surface area contributed by atoms with E-state index in [0.29, 0.717) is 31.2 Å². The lowest BCUT2D eigenvalue weighted by Crippen LogP contribution is -2.50. The number of fused-ring (bicyclic) bond motifs is 5. The van der Waals surface area contributed by atoms with Crippen LogP contribution in [0.2, 0.25) is 0 Å². The van der Waals surface area contributed by atoms with Gasteiger partial charge in [-0.15, -0.1) is 0 Å². The molecule has 1 amide bonds. The molecule has 8 nitrogen and oxygen atoms in total. The van der Waals surface area contributed by atoms with E-state index in [2.05, 4.69) is 9.71 Å². The number of aromatic nitrogens is 1. The van der Waals surface area contributed by atoms with Crippen LogP contribution in [0.5, 0.6) is 5.75 Å². The van der Waals surface area contributed by atoms with Crippen molar-refractivity contribution in [1.29, 1.82) is 0 Å². The van der Waals surface area contributed by atoms with Crippen molar-refractivity contribution in [2.45, 2.75) is 56.2 Å². The summed E-state index contributed by atoms with van der Waals surface area (Å²) in [6.45, 7) is 0.748. The number of hydrogen-bond acceptors (Lipinski definition) is 6. The van der Waals surface area contributed by atoms with Crippen molar-refractivity contribution < 1.29 is 22.7 Å². The molecule has 1 saturated heterocycles. The maximum atomic E-state index is 12.8. The standard InChI is InChI=1S/C19H27N3O5S/c1-28(24,25)21-16-7-9-22-17(16)11-26-14-4-2-13(3-5-14)15-10-20-8-6-18(15)27-12-19(22)23/h6,8,10,13-14,16-17,21H,2-5,7,9,11-12H2,1H3/t13?,14?,16?,17-/m0/s1. The van der Waals surface area contributed by atoms with E-state index in [4.69, 9.17) is 9.47 Å². The summed E-state index contributed by atoms with van der Waals surface area (Å²) in [7, 11) is -3.36. The minimum absolute atomic E-state index is 0.0741. The molecule has 28 heavy (non-hydrogen) atoms. The van der Waals surface area contributed by atoms with Crippen molar-refractivity contribution >= 4 is 15.9 Å². The van der Waals surface area contributed by atoms with E-state index in [1.165, 1.54) is 0 Å². The van der Waals surface area contributed by atoms with Gasteiger partial charge in [0.15, 0.2) is 6.61 Å². The Kier molecular flexibility index (Phi) is 5.57. The molecule has 9 heteroatoms. The van der Waals surface area contributed by atoms with E-state index in [1.54, 1.807) is 11.1 Å². The van der Waals surface area contributed by atoms with Gasteiger partial charge in [0.2, 0.25) is 10.0 Å². The van der Waals surface area contributed by atoms with Crippen molar-refractivity contribution in [3.8, 4) is 5.75 Å². The molecular weight excluding hydrogens is 382 g/mol. The molecule has 0 radical (unpaired) electrons. The van der Waals surface area contributed by atoms with Crippen LogP contribution in [0.25, 0.3) is 0 Å². The van der Waals surface area contributed by atoms with Crippen molar-refractivity contribution in [3.05, 3.63) is 24.0 Å². The molecule has 1 N–H and O–H groups in total. The molecule has 1 aliphatic carbocycles. The number of carbonyl (C=O) groups is 1. The maximum absolute atomic E-state index is 12.8. The van der Waals surface area contributed by atoms with Crippen LogP contribution in [-0.2, 0) is 19.6 Å². The summed E-state index contributed by atoms with van der Waals surface area (Å²) in [6.07, 6.45) is 9.22. The SMILES string of the molecule is CS(=O)(=O)NC1CCN2C(=O)COc3ccncc3C3CCC(CC3)OC[C@@H]12. The molecule has 0 spiro atoms. The quantitative estimate of drug-likeness (QED) is 0.784. The monoisotopic (exact) mass is 409 g/mol. The van der Waals surface area contributed by atoms with Gasteiger partial charge in [-0.05, 0) is 44.1 Å². The van der Waals surface area contributed by atoms with E-state index in [-0.39, 0.29) is 30.7 Å². The second-order valence-corrected chi connectivity index (χ2v) is 9.73. The van der Waals surface area contributed by atoms with Gasteiger partial charge in [0.05, 0.1) is 25.0 Å². The number of nitrogens with zero attached hydrogens (tertiary/aromatic N) is 2. The highest BCUT2D eigenvalue weighted by Gasteiger charge is 2.39. The highest BCUT2D eigenvalue weighted by molar-refractivity contribution is 7.88. The fraction of sp³-hybridized carbons (Fsp3) is 0.684. The largest absolute Gasteiger partial charge is 0.483 e. The van der Waals surface area contributed by atoms with Gasteiger partial charge in [-0.2, -0.15) is 0 Å². The zero-order valence-electron chi connectivity index (χ0n) is 16.0. The Morgan fingerprint density at radius 3 is 2.75 bits per heavy atom. The van der Waals surface area contributed by atoms with Crippen LogP contribution < -0.4 is 9.46 Å². The van der Waals surface area contributed by atoms with Crippen LogP contribution in [0, 0.1) is 0 Å². The summed E-state index contributed by atoms with van der Waals surface area (Å²) in [5, 5.41) is 0. The lowest BCUT2D eigenvalue weighted by molar-refractivity contribution is -0.136. The first kappa shape index (κ1) is 19.6. The number of ether oxygens (including phenoxy) is 2. The Labute approximate surface area is 165 Å². The van der Waals surface area contributed by atoms with Gasteiger partial charge in [0, 0.05) is 30.5 Å². The smallest absolute Gasteiger partial charge is 0.260 e. The number of rotatable bonds is 2. The fourth-order valence-electron chi connectivity index (χ4n) is 4.61. The second kappa shape index (κ2) is 7.96. The van der Waals surface area contributed by atoms with Gasteiger partial charge in [-0.1, -0.05) is 0 Å². The predicted molar refractivity (Wildman–Crippen MR) is 103 cm³/mol. The molecule has 1 aromatic rings. The third-order valence-electron chi connectivity index (χ3n) is 6.01. The topological polar surface area (TPSA) is 97.8 Å². The molecule has 2 bridgehead atoms. The molecule has 1 saturated carbocycles. The van der Waals surface area contributed by atoms with Gasteiger partial charge >= 0.3 is 0 Å². The average Bonchev–Trinajstić information content (AvgIpc) is 3.05. The van der Waals surface area contributed by atoms with Gasteiger partial charge < -0.3 is 14.4 Å². The summed E-state index contributed by atoms with van der Waals surface area (Å²) in [4.78, 5) is 18.8. The zero-order valence-corrected chi connectivity index (χ0v) is 16.9. The molecule has 4 aliphatic rings. The van der Waals surface area contributed by atoms with Crippen LogP contribution in [0.15, 0.2) is 18.5 Å². The highest BCUT2D eigenvalue weighted by Crippen LogP contribution is 2.38. The van der Waals surface area contributed by atoms with E-state index in [9.17, 15) is 13.2 Å². The molecule has 2 atom stereocenters. The van der Waals surface area contributed by atoms with Crippen molar-refractivity contribution in [2.75, 3.05) is 26.0 Å². The third kappa shape index (κ3) is 4.31. The number of pyridine rings is 1. The van der Waals surface area contributed by atoms with Gasteiger partial charge in [-0.3, -0.25) is 9.78 Å². The van der Waals surface area contributed by atoms with Crippen LogP contribution in [0.1, 0.15) is 43.6 Å². The fourth-order valence-corrected chi connectivity index (χ4v) is 5.44. The first-order chi connectivity index (χ1) is 13.4. The lowest BCUT2D eigenvalue weighted by Gasteiger charge is -2.32. The zero-order chi connectivity index (χ0) is 19.7. The average molecular weight is 410 g/mol. The molecule has 0 aromatic carbocycles. The minimum Gasteiger partial charge on any atom is -0.483 e. The number of sulfonamides is 1. The Bertz CT molecular complexity index is 823. The van der Waals surface area contributed by atoms with Gasteiger partial charge in [0.25, 0.3) is 5.91 Å². The highest BCUT2D eigenvalue weighted by atomic mass is 32.2. The van der Waals surface area contributed by atoms with E-state index in [1.807, 2.05) is 12.3 Å². The molecule has 154 valence electrons. The lowest BCUT2D eigenvalue weighted by atomic mass is 9.83.